The van der Waals surface area contributed by atoms with E-state index in [-0.39, 0.29) is 12.4 Å². The van der Waals surface area contributed by atoms with Crippen LogP contribution < -0.4 is 18.9 Å². The van der Waals surface area contributed by atoms with E-state index in [0.29, 0.717) is 28.6 Å². The summed E-state index contributed by atoms with van der Waals surface area (Å²) in [4.78, 5) is 11.8. The average molecular weight is 395 g/mol. The number of hydrogen-bond acceptors (Lipinski definition) is 5. The number of hydrogen-bond donors (Lipinski definition) is 0. The lowest BCUT2D eigenvalue weighted by atomic mass is 10.1. The molecule has 0 radical (unpaired) electrons. The zero-order chi connectivity index (χ0) is 17.7. The number of methoxy groups -OCH3 is 3. The molecule has 0 N–H and O–H groups in total. The van der Waals surface area contributed by atoms with Crippen LogP contribution in [0.2, 0.25) is 0 Å². The van der Waals surface area contributed by atoms with Crippen molar-refractivity contribution in [3.8, 4) is 23.0 Å². The first kappa shape index (κ1) is 18.1. The van der Waals surface area contributed by atoms with Gasteiger partial charge in [-0.3, -0.25) is 4.79 Å². The van der Waals surface area contributed by atoms with Gasteiger partial charge in [0.05, 0.1) is 31.4 Å². The Hall–Kier alpha value is -2.21. The predicted octanol–water partition coefficient (Wildman–Crippen LogP) is 4.26. The van der Waals surface area contributed by atoms with Crippen LogP contribution in [0.4, 0.5) is 0 Å². The Morgan fingerprint density at radius 2 is 1.67 bits per heavy atom. The molecule has 0 bridgehead atoms. The Morgan fingerprint density at radius 3 is 2.25 bits per heavy atom. The van der Waals surface area contributed by atoms with Crippen molar-refractivity contribution in [1.82, 2.24) is 0 Å². The third-order valence-corrected chi connectivity index (χ3v) is 4.13. The molecule has 0 saturated heterocycles. The molecular weight excluding hydrogens is 376 g/mol. The van der Waals surface area contributed by atoms with Crippen molar-refractivity contribution in [2.75, 3.05) is 21.3 Å². The molecule has 0 saturated carbocycles. The lowest BCUT2D eigenvalue weighted by Crippen LogP contribution is -2.04. The summed E-state index contributed by atoms with van der Waals surface area (Å²) in [5.41, 5.74) is 1.30. The van der Waals surface area contributed by atoms with Crippen LogP contribution in [-0.2, 0) is 6.61 Å². The first-order valence-corrected chi connectivity index (χ1v) is 8.01. The van der Waals surface area contributed by atoms with Crippen molar-refractivity contribution >= 4 is 21.7 Å². The number of Topliss-reactive ketones (excluding diaryl/α,β-unsaturated/α-hetero) is 1. The van der Waals surface area contributed by atoms with Gasteiger partial charge in [-0.25, -0.2) is 0 Å². The van der Waals surface area contributed by atoms with E-state index in [0.717, 1.165) is 10.0 Å². The number of ether oxygens (including phenoxy) is 4. The van der Waals surface area contributed by atoms with Gasteiger partial charge < -0.3 is 18.9 Å². The minimum atomic E-state index is -0.0759. The molecule has 0 aromatic heterocycles. The summed E-state index contributed by atoms with van der Waals surface area (Å²) in [7, 11) is 4.74. The zero-order valence-corrected chi connectivity index (χ0v) is 15.6. The van der Waals surface area contributed by atoms with E-state index >= 15 is 0 Å². The van der Waals surface area contributed by atoms with Crippen molar-refractivity contribution in [1.29, 1.82) is 0 Å². The number of carbonyl (C=O) groups is 1. The van der Waals surface area contributed by atoms with E-state index in [2.05, 4.69) is 15.9 Å². The highest BCUT2D eigenvalue weighted by Gasteiger charge is 2.14. The standard InChI is InChI=1S/C18H19BrO5/c1-11(20)14-6-5-13(21-2)8-17(14)24-10-12-7-18(23-4)15(19)9-16(12)22-3/h5-9H,10H2,1-4H3. The second-order valence-electron chi connectivity index (χ2n) is 5.01. The van der Waals surface area contributed by atoms with Gasteiger partial charge >= 0.3 is 0 Å². The van der Waals surface area contributed by atoms with Crippen molar-refractivity contribution in [3.63, 3.8) is 0 Å². The maximum absolute atomic E-state index is 11.8. The highest BCUT2D eigenvalue weighted by atomic mass is 79.9. The molecule has 0 aliphatic carbocycles. The molecular formula is C18H19BrO5. The molecule has 0 spiro atoms. The molecule has 6 heteroatoms. The van der Waals surface area contributed by atoms with Gasteiger partial charge in [0.2, 0.25) is 0 Å². The summed E-state index contributed by atoms with van der Waals surface area (Å²) in [6.07, 6.45) is 0. The van der Waals surface area contributed by atoms with Crippen LogP contribution in [0, 0.1) is 0 Å². The molecule has 24 heavy (non-hydrogen) atoms. The first-order valence-electron chi connectivity index (χ1n) is 7.22. The molecule has 0 aliphatic heterocycles. The highest BCUT2D eigenvalue weighted by molar-refractivity contribution is 9.10. The molecule has 2 rings (SSSR count). The van der Waals surface area contributed by atoms with Crippen LogP contribution in [0.1, 0.15) is 22.8 Å². The third-order valence-electron chi connectivity index (χ3n) is 3.51. The molecule has 0 unspecified atom stereocenters. The monoisotopic (exact) mass is 394 g/mol. The fourth-order valence-electron chi connectivity index (χ4n) is 2.23. The van der Waals surface area contributed by atoms with Crippen LogP contribution in [0.5, 0.6) is 23.0 Å². The van der Waals surface area contributed by atoms with Crippen LogP contribution >= 0.6 is 15.9 Å². The lowest BCUT2D eigenvalue weighted by Gasteiger charge is -2.15. The number of benzene rings is 2. The van der Waals surface area contributed by atoms with E-state index < -0.39 is 0 Å². The van der Waals surface area contributed by atoms with E-state index in [4.69, 9.17) is 18.9 Å². The quantitative estimate of drug-likeness (QED) is 0.656. The summed E-state index contributed by atoms with van der Waals surface area (Å²) >= 11 is 3.42. The Morgan fingerprint density at radius 1 is 0.958 bits per heavy atom. The first-order chi connectivity index (χ1) is 11.5. The summed E-state index contributed by atoms with van der Waals surface area (Å²) < 4.78 is 22.5. The van der Waals surface area contributed by atoms with E-state index in [1.54, 1.807) is 39.5 Å². The topological polar surface area (TPSA) is 54.0 Å². The van der Waals surface area contributed by atoms with Crippen molar-refractivity contribution in [2.24, 2.45) is 0 Å². The molecule has 2 aromatic carbocycles. The molecule has 0 aliphatic rings. The molecule has 2 aromatic rings. The molecule has 0 amide bonds. The molecule has 0 fully saturated rings. The van der Waals surface area contributed by atoms with Crippen molar-refractivity contribution < 1.29 is 23.7 Å². The minimum absolute atomic E-state index is 0.0759. The lowest BCUT2D eigenvalue weighted by molar-refractivity contribution is 0.101. The fourth-order valence-corrected chi connectivity index (χ4v) is 2.72. The van der Waals surface area contributed by atoms with Gasteiger partial charge in [-0.05, 0) is 47.1 Å². The van der Waals surface area contributed by atoms with Gasteiger partial charge in [-0.2, -0.15) is 0 Å². The van der Waals surface area contributed by atoms with Gasteiger partial charge in [0.25, 0.3) is 0 Å². The van der Waals surface area contributed by atoms with Crippen molar-refractivity contribution in [3.05, 3.63) is 45.9 Å². The van der Waals surface area contributed by atoms with Crippen LogP contribution in [0.25, 0.3) is 0 Å². The summed E-state index contributed by atoms with van der Waals surface area (Å²) in [6, 6.07) is 8.76. The second-order valence-corrected chi connectivity index (χ2v) is 5.86. The Balaban J connectivity index is 2.32. The van der Waals surface area contributed by atoms with Crippen LogP contribution in [-0.4, -0.2) is 27.1 Å². The smallest absolute Gasteiger partial charge is 0.163 e. The Bertz CT molecular complexity index is 742. The van der Waals surface area contributed by atoms with E-state index in [1.165, 1.54) is 6.92 Å². The normalized spacial score (nSPS) is 10.2. The zero-order valence-electron chi connectivity index (χ0n) is 14.0. The van der Waals surface area contributed by atoms with Gasteiger partial charge in [0.15, 0.2) is 5.78 Å². The van der Waals surface area contributed by atoms with Gasteiger partial charge in [0.1, 0.15) is 29.6 Å². The fraction of sp³-hybridized carbons (Fsp3) is 0.278. The highest BCUT2D eigenvalue weighted by Crippen LogP contribution is 2.34. The van der Waals surface area contributed by atoms with E-state index in [9.17, 15) is 4.79 Å². The Kier molecular flexibility index (Phi) is 6.09. The largest absolute Gasteiger partial charge is 0.497 e. The summed E-state index contributed by atoms with van der Waals surface area (Å²) in [6.45, 7) is 1.72. The van der Waals surface area contributed by atoms with Crippen molar-refractivity contribution in [2.45, 2.75) is 13.5 Å². The van der Waals surface area contributed by atoms with Crippen LogP contribution in [0.3, 0.4) is 0 Å². The minimum Gasteiger partial charge on any atom is -0.497 e. The Labute approximate surface area is 149 Å². The number of rotatable bonds is 7. The number of ketones is 1. The summed E-state index contributed by atoms with van der Waals surface area (Å²) in [5, 5.41) is 0. The number of halogens is 1. The maximum atomic E-state index is 11.8. The molecule has 5 nitrogen and oxygen atoms in total. The third kappa shape index (κ3) is 4.00. The number of carbonyl (C=O) groups excluding carboxylic acids is 1. The van der Waals surface area contributed by atoms with Gasteiger partial charge in [0, 0.05) is 11.6 Å². The SMILES string of the molecule is COc1ccc(C(C)=O)c(OCc2cc(OC)c(Br)cc2OC)c1. The molecule has 0 heterocycles. The van der Waals surface area contributed by atoms with E-state index in [1.807, 2.05) is 12.1 Å². The molecule has 128 valence electrons. The van der Waals surface area contributed by atoms with Gasteiger partial charge in [-0.15, -0.1) is 0 Å². The second kappa shape index (κ2) is 8.06. The van der Waals surface area contributed by atoms with Gasteiger partial charge in [-0.1, -0.05) is 0 Å². The predicted molar refractivity (Wildman–Crippen MR) is 94.6 cm³/mol. The molecule has 0 atom stereocenters. The average Bonchev–Trinajstić information content (AvgIpc) is 2.59. The summed E-state index contributed by atoms with van der Waals surface area (Å²) in [5.74, 6) is 2.34. The van der Waals surface area contributed by atoms with Crippen LogP contribution in [0.15, 0.2) is 34.8 Å². The maximum Gasteiger partial charge on any atom is 0.163 e.